The molecule has 0 aliphatic carbocycles. The molecule has 1 N–H and O–H groups in total. The summed E-state index contributed by atoms with van der Waals surface area (Å²) in [6.07, 6.45) is 0.665. The fraction of sp³-hybridized carbons (Fsp3) is 0.571. The van der Waals surface area contributed by atoms with Crippen molar-refractivity contribution in [3.63, 3.8) is 0 Å². The Labute approximate surface area is 115 Å². The highest BCUT2D eigenvalue weighted by molar-refractivity contribution is 7.89. The lowest BCUT2D eigenvalue weighted by Crippen LogP contribution is -2.40. The molecule has 1 saturated heterocycles. The molecule has 0 amide bonds. The van der Waals surface area contributed by atoms with Crippen LogP contribution in [-0.2, 0) is 10.0 Å². The molecule has 1 aromatic carbocycles. The third kappa shape index (κ3) is 2.83. The van der Waals surface area contributed by atoms with Crippen LogP contribution in [0.5, 0.6) is 0 Å². The van der Waals surface area contributed by atoms with E-state index in [4.69, 9.17) is 0 Å². The fourth-order valence-electron chi connectivity index (χ4n) is 2.79. The molecule has 0 unspecified atom stereocenters. The Balaban J connectivity index is 2.40. The molecule has 1 heterocycles. The summed E-state index contributed by atoms with van der Waals surface area (Å²) in [5.41, 5.74) is 2.66. The van der Waals surface area contributed by atoms with Crippen molar-refractivity contribution in [3.05, 3.63) is 28.8 Å². The van der Waals surface area contributed by atoms with E-state index in [0.29, 0.717) is 30.8 Å². The molecule has 106 valence electrons. The Morgan fingerprint density at radius 3 is 2.05 bits per heavy atom. The summed E-state index contributed by atoms with van der Waals surface area (Å²) in [5, 5.41) is 9.49. The van der Waals surface area contributed by atoms with Crippen molar-refractivity contribution in [3.8, 4) is 0 Å². The number of sulfonamides is 1. The number of aliphatic hydroxyl groups is 1. The standard InChI is InChI=1S/C14H21NO3S/c1-10-8-11(2)14(12(3)9-10)19(17,18)15-6-4-13(16)5-7-15/h8-9,13,16H,4-7H2,1-3H3. The van der Waals surface area contributed by atoms with E-state index in [2.05, 4.69) is 0 Å². The van der Waals surface area contributed by atoms with Gasteiger partial charge in [-0.05, 0) is 44.7 Å². The molecule has 1 fully saturated rings. The van der Waals surface area contributed by atoms with Crippen molar-refractivity contribution in [2.24, 2.45) is 0 Å². The average molecular weight is 283 g/mol. The Kier molecular flexibility index (Phi) is 3.99. The molecule has 5 heteroatoms. The minimum atomic E-state index is -3.44. The van der Waals surface area contributed by atoms with Crippen LogP contribution in [0.1, 0.15) is 29.5 Å². The zero-order valence-electron chi connectivity index (χ0n) is 11.7. The molecule has 0 atom stereocenters. The molecule has 4 nitrogen and oxygen atoms in total. The van der Waals surface area contributed by atoms with E-state index in [9.17, 15) is 13.5 Å². The van der Waals surface area contributed by atoms with Crippen LogP contribution >= 0.6 is 0 Å². The van der Waals surface area contributed by atoms with Crippen molar-refractivity contribution < 1.29 is 13.5 Å². The average Bonchev–Trinajstić information content (AvgIpc) is 2.27. The van der Waals surface area contributed by atoms with E-state index >= 15 is 0 Å². The van der Waals surface area contributed by atoms with Gasteiger partial charge in [-0.2, -0.15) is 4.31 Å². The maximum Gasteiger partial charge on any atom is 0.243 e. The van der Waals surface area contributed by atoms with Crippen molar-refractivity contribution >= 4 is 10.0 Å². The molecule has 0 spiro atoms. The largest absolute Gasteiger partial charge is 0.393 e. The monoisotopic (exact) mass is 283 g/mol. The summed E-state index contributed by atoms with van der Waals surface area (Å²) >= 11 is 0. The van der Waals surface area contributed by atoms with E-state index in [1.165, 1.54) is 4.31 Å². The molecule has 19 heavy (non-hydrogen) atoms. The molecule has 2 rings (SSSR count). The lowest BCUT2D eigenvalue weighted by molar-refractivity contribution is 0.113. The zero-order valence-corrected chi connectivity index (χ0v) is 12.5. The van der Waals surface area contributed by atoms with Crippen molar-refractivity contribution in [2.45, 2.75) is 44.6 Å². The summed E-state index contributed by atoms with van der Waals surface area (Å²) in [6, 6.07) is 3.80. The maximum atomic E-state index is 12.7. The van der Waals surface area contributed by atoms with Crippen LogP contribution in [0.2, 0.25) is 0 Å². The first-order chi connectivity index (χ1) is 8.82. The van der Waals surface area contributed by atoms with Gasteiger partial charge in [-0.3, -0.25) is 0 Å². The number of aliphatic hydroxyl groups excluding tert-OH is 1. The van der Waals surface area contributed by atoms with Gasteiger partial charge in [0.1, 0.15) is 0 Å². The highest BCUT2D eigenvalue weighted by Crippen LogP contribution is 2.27. The summed E-state index contributed by atoms with van der Waals surface area (Å²) in [4.78, 5) is 0.425. The van der Waals surface area contributed by atoms with Gasteiger partial charge < -0.3 is 5.11 Å². The predicted molar refractivity (Wildman–Crippen MR) is 74.7 cm³/mol. The van der Waals surface area contributed by atoms with Crippen LogP contribution in [0.25, 0.3) is 0 Å². The lowest BCUT2D eigenvalue weighted by atomic mass is 10.1. The van der Waals surface area contributed by atoms with Crippen LogP contribution in [0.3, 0.4) is 0 Å². The highest BCUT2D eigenvalue weighted by Gasteiger charge is 2.30. The molecule has 1 aliphatic rings. The van der Waals surface area contributed by atoms with Gasteiger partial charge in [0, 0.05) is 13.1 Å². The quantitative estimate of drug-likeness (QED) is 0.899. The van der Waals surface area contributed by atoms with Gasteiger partial charge in [-0.15, -0.1) is 0 Å². The van der Waals surface area contributed by atoms with E-state index in [1.807, 2.05) is 32.9 Å². The third-order valence-electron chi connectivity index (χ3n) is 3.63. The van der Waals surface area contributed by atoms with E-state index in [-0.39, 0.29) is 6.10 Å². The first-order valence-electron chi connectivity index (χ1n) is 6.58. The Bertz CT molecular complexity index is 549. The second-order valence-electron chi connectivity index (χ2n) is 5.36. The number of piperidine rings is 1. The van der Waals surface area contributed by atoms with Gasteiger partial charge in [0.15, 0.2) is 0 Å². The lowest BCUT2D eigenvalue weighted by Gasteiger charge is -2.29. The minimum absolute atomic E-state index is 0.369. The molecule has 1 aromatic rings. The first kappa shape index (κ1) is 14.5. The highest BCUT2D eigenvalue weighted by atomic mass is 32.2. The molecule has 0 saturated carbocycles. The first-order valence-corrected chi connectivity index (χ1v) is 8.02. The molecule has 0 radical (unpaired) electrons. The van der Waals surface area contributed by atoms with E-state index in [1.54, 1.807) is 0 Å². The van der Waals surface area contributed by atoms with Gasteiger partial charge >= 0.3 is 0 Å². The zero-order chi connectivity index (χ0) is 14.2. The van der Waals surface area contributed by atoms with Gasteiger partial charge in [-0.25, -0.2) is 8.42 Å². The summed E-state index contributed by atoms with van der Waals surface area (Å²) in [7, 11) is -3.44. The summed E-state index contributed by atoms with van der Waals surface area (Å²) in [6.45, 7) is 6.44. The maximum absolute atomic E-state index is 12.7. The molecule has 1 aliphatic heterocycles. The van der Waals surface area contributed by atoms with Crippen LogP contribution < -0.4 is 0 Å². The third-order valence-corrected chi connectivity index (χ3v) is 5.83. The van der Waals surface area contributed by atoms with E-state index < -0.39 is 10.0 Å². The van der Waals surface area contributed by atoms with Gasteiger partial charge in [0.2, 0.25) is 10.0 Å². The predicted octanol–water partition coefficient (Wildman–Crippen LogP) is 1.76. The normalized spacial score (nSPS) is 18.7. The van der Waals surface area contributed by atoms with Crippen LogP contribution in [0.4, 0.5) is 0 Å². The summed E-state index contributed by atoms with van der Waals surface area (Å²) < 4.78 is 26.9. The van der Waals surface area contributed by atoms with Crippen molar-refractivity contribution in [2.75, 3.05) is 13.1 Å². The topological polar surface area (TPSA) is 57.6 Å². The van der Waals surface area contributed by atoms with Gasteiger partial charge in [0.25, 0.3) is 0 Å². The number of rotatable bonds is 2. The Morgan fingerprint density at radius 1 is 1.11 bits per heavy atom. The van der Waals surface area contributed by atoms with Crippen LogP contribution in [0.15, 0.2) is 17.0 Å². The Morgan fingerprint density at radius 2 is 1.58 bits per heavy atom. The van der Waals surface area contributed by atoms with Crippen LogP contribution in [0, 0.1) is 20.8 Å². The Hall–Kier alpha value is -0.910. The smallest absolute Gasteiger partial charge is 0.243 e. The molecule has 0 aromatic heterocycles. The number of hydrogen-bond acceptors (Lipinski definition) is 3. The van der Waals surface area contributed by atoms with Crippen molar-refractivity contribution in [1.29, 1.82) is 0 Å². The SMILES string of the molecule is Cc1cc(C)c(S(=O)(=O)N2CCC(O)CC2)c(C)c1. The number of nitrogens with zero attached hydrogens (tertiary/aromatic N) is 1. The minimum Gasteiger partial charge on any atom is -0.393 e. The number of aryl methyl sites for hydroxylation is 3. The van der Waals surface area contributed by atoms with Gasteiger partial charge in [0.05, 0.1) is 11.0 Å². The van der Waals surface area contributed by atoms with Gasteiger partial charge in [-0.1, -0.05) is 17.7 Å². The second-order valence-corrected chi connectivity index (χ2v) is 7.24. The summed E-state index contributed by atoms with van der Waals surface area (Å²) in [5.74, 6) is 0. The number of hydrogen-bond donors (Lipinski definition) is 1. The van der Waals surface area contributed by atoms with Crippen LogP contribution in [-0.4, -0.2) is 37.0 Å². The van der Waals surface area contributed by atoms with E-state index in [0.717, 1.165) is 16.7 Å². The number of benzene rings is 1. The fourth-order valence-corrected chi connectivity index (χ4v) is 4.67. The molecular formula is C14H21NO3S. The molecule has 0 bridgehead atoms. The second kappa shape index (κ2) is 5.23. The van der Waals surface area contributed by atoms with Crippen molar-refractivity contribution in [1.82, 2.24) is 4.31 Å². The molecular weight excluding hydrogens is 262 g/mol.